The highest BCUT2D eigenvalue weighted by Crippen LogP contribution is 2.40. The fourth-order valence-corrected chi connectivity index (χ4v) is 5.42. The second-order valence-electron chi connectivity index (χ2n) is 10.5. The molecule has 4 rings (SSSR count). The molecule has 3 aromatic rings. The number of ether oxygens (including phenoxy) is 1. The molecule has 1 N–H and O–H groups in total. The standard InChI is InChI=1S/C30H38N6O4S/c1-5-36-25-9-8-23(18-26(25)34(4)28(38)30(2,3)29(36)39)40-17-7-16-35(19-22-10-13-31-14-11-22)15-6-12-32-27(37)24-20-41-21-33-24/h8-11,13-14,18,20-21H,5-7,12,15-17,19H2,1-4H3,(H,32,37). The summed E-state index contributed by atoms with van der Waals surface area (Å²) in [4.78, 5) is 52.1. The van der Waals surface area contributed by atoms with Crippen LogP contribution in [0.4, 0.5) is 11.4 Å². The van der Waals surface area contributed by atoms with E-state index >= 15 is 0 Å². The molecular weight excluding hydrogens is 540 g/mol. The number of rotatable bonds is 13. The number of carbonyl (C=O) groups is 3. The van der Waals surface area contributed by atoms with E-state index in [1.165, 1.54) is 16.9 Å². The van der Waals surface area contributed by atoms with Gasteiger partial charge in [0.15, 0.2) is 0 Å². The molecule has 0 unspecified atom stereocenters. The Kier molecular flexibility index (Phi) is 10.1. The molecule has 0 spiro atoms. The molecule has 0 saturated heterocycles. The van der Waals surface area contributed by atoms with Gasteiger partial charge in [0.2, 0.25) is 11.8 Å². The molecule has 1 aliphatic heterocycles. The van der Waals surface area contributed by atoms with Crippen LogP contribution in [0, 0.1) is 5.41 Å². The van der Waals surface area contributed by atoms with Gasteiger partial charge in [-0.2, -0.15) is 0 Å². The molecule has 0 saturated carbocycles. The van der Waals surface area contributed by atoms with Gasteiger partial charge in [0.1, 0.15) is 16.9 Å². The van der Waals surface area contributed by atoms with Crippen molar-refractivity contribution in [2.24, 2.45) is 5.41 Å². The van der Waals surface area contributed by atoms with Crippen molar-refractivity contribution < 1.29 is 19.1 Å². The lowest BCUT2D eigenvalue weighted by Crippen LogP contribution is -2.47. The molecule has 41 heavy (non-hydrogen) atoms. The minimum atomic E-state index is -1.15. The third kappa shape index (κ3) is 7.28. The van der Waals surface area contributed by atoms with Crippen molar-refractivity contribution in [1.29, 1.82) is 0 Å². The Bertz CT molecular complexity index is 1330. The summed E-state index contributed by atoms with van der Waals surface area (Å²) in [5.74, 6) is 0.0492. The summed E-state index contributed by atoms with van der Waals surface area (Å²) in [5, 5.41) is 4.68. The minimum absolute atomic E-state index is 0.150. The fourth-order valence-electron chi connectivity index (χ4n) is 4.89. The Morgan fingerprint density at radius 2 is 1.83 bits per heavy atom. The van der Waals surface area contributed by atoms with Crippen molar-refractivity contribution >= 4 is 40.4 Å². The molecule has 3 heterocycles. The first-order chi connectivity index (χ1) is 19.7. The number of hydrogen-bond acceptors (Lipinski definition) is 8. The number of hydrogen-bond donors (Lipinski definition) is 1. The zero-order valence-electron chi connectivity index (χ0n) is 24.1. The predicted octanol–water partition coefficient (Wildman–Crippen LogP) is 3.98. The van der Waals surface area contributed by atoms with Crippen LogP contribution in [0.2, 0.25) is 0 Å². The lowest BCUT2D eigenvalue weighted by molar-refractivity contribution is -0.137. The average molecular weight is 579 g/mol. The summed E-state index contributed by atoms with van der Waals surface area (Å²) in [7, 11) is 1.70. The normalized spacial score (nSPS) is 14.7. The summed E-state index contributed by atoms with van der Waals surface area (Å²) in [5.41, 5.74) is 3.49. The number of nitrogens with one attached hydrogen (secondary N) is 1. The highest BCUT2D eigenvalue weighted by Gasteiger charge is 2.45. The second kappa shape index (κ2) is 13.7. The maximum Gasteiger partial charge on any atom is 0.270 e. The van der Waals surface area contributed by atoms with Gasteiger partial charge >= 0.3 is 0 Å². The molecule has 0 fully saturated rings. The molecule has 11 heteroatoms. The smallest absolute Gasteiger partial charge is 0.270 e. The quantitative estimate of drug-likeness (QED) is 0.241. The molecule has 3 amide bonds. The van der Waals surface area contributed by atoms with E-state index in [2.05, 4.69) is 20.2 Å². The molecule has 218 valence electrons. The summed E-state index contributed by atoms with van der Waals surface area (Å²) < 4.78 is 6.10. The Hall–Kier alpha value is -3.83. The monoisotopic (exact) mass is 578 g/mol. The lowest BCUT2D eigenvalue weighted by atomic mass is 9.90. The number of anilines is 2. The summed E-state index contributed by atoms with van der Waals surface area (Å²) in [6.45, 7) is 9.16. The summed E-state index contributed by atoms with van der Waals surface area (Å²) in [6.07, 6.45) is 5.17. The van der Waals surface area contributed by atoms with E-state index in [0.29, 0.717) is 42.5 Å². The van der Waals surface area contributed by atoms with Gasteiger partial charge in [0.05, 0.1) is 23.5 Å². The number of aromatic nitrogens is 2. The van der Waals surface area contributed by atoms with Gasteiger partial charge in [-0.1, -0.05) is 0 Å². The molecule has 0 radical (unpaired) electrons. The SMILES string of the molecule is CCN1C(=O)C(C)(C)C(=O)N(C)c2cc(OCCCN(CCCNC(=O)c3cscn3)Cc3ccncc3)ccc21. The van der Waals surface area contributed by atoms with Gasteiger partial charge in [-0.3, -0.25) is 24.3 Å². The molecule has 1 aliphatic rings. The summed E-state index contributed by atoms with van der Waals surface area (Å²) >= 11 is 1.40. The van der Waals surface area contributed by atoms with Crippen LogP contribution in [0.25, 0.3) is 0 Å². The zero-order valence-corrected chi connectivity index (χ0v) is 24.9. The third-order valence-electron chi connectivity index (χ3n) is 7.18. The average Bonchev–Trinajstić information content (AvgIpc) is 3.51. The van der Waals surface area contributed by atoms with Crippen LogP contribution >= 0.6 is 11.3 Å². The Labute approximate surface area is 245 Å². The maximum absolute atomic E-state index is 13.1. The number of benzene rings is 1. The van der Waals surface area contributed by atoms with Crippen molar-refractivity contribution in [3.05, 3.63) is 64.9 Å². The van der Waals surface area contributed by atoms with E-state index < -0.39 is 5.41 Å². The van der Waals surface area contributed by atoms with Crippen LogP contribution < -0.4 is 19.9 Å². The fraction of sp³-hybridized carbons (Fsp3) is 0.433. The number of fused-ring (bicyclic) bond motifs is 1. The van der Waals surface area contributed by atoms with Crippen LogP contribution in [0.5, 0.6) is 5.75 Å². The van der Waals surface area contributed by atoms with Crippen molar-refractivity contribution in [2.75, 3.05) is 49.6 Å². The van der Waals surface area contributed by atoms with E-state index in [1.54, 1.807) is 54.0 Å². The molecule has 1 aromatic carbocycles. The van der Waals surface area contributed by atoms with Gasteiger partial charge in [-0.15, -0.1) is 11.3 Å². The second-order valence-corrected chi connectivity index (χ2v) is 11.2. The van der Waals surface area contributed by atoms with Gasteiger partial charge < -0.3 is 19.9 Å². The number of thiazole rings is 1. The van der Waals surface area contributed by atoms with E-state index in [0.717, 1.165) is 32.5 Å². The first kappa shape index (κ1) is 30.1. The van der Waals surface area contributed by atoms with Crippen LogP contribution in [0.15, 0.2) is 53.6 Å². The summed E-state index contributed by atoms with van der Waals surface area (Å²) in [6, 6.07) is 9.56. The van der Waals surface area contributed by atoms with Crippen LogP contribution in [0.1, 0.15) is 49.7 Å². The largest absolute Gasteiger partial charge is 0.493 e. The number of carbonyl (C=O) groups excluding carboxylic acids is 3. The molecule has 0 bridgehead atoms. The van der Waals surface area contributed by atoms with E-state index in [4.69, 9.17) is 4.74 Å². The highest BCUT2D eigenvalue weighted by molar-refractivity contribution is 7.07. The van der Waals surface area contributed by atoms with E-state index in [1.807, 2.05) is 37.3 Å². The van der Waals surface area contributed by atoms with Crippen LogP contribution in [0.3, 0.4) is 0 Å². The van der Waals surface area contributed by atoms with Crippen molar-refractivity contribution in [2.45, 2.75) is 40.2 Å². The number of pyridine rings is 1. The van der Waals surface area contributed by atoms with Gasteiger partial charge in [0, 0.05) is 63.6 Å². The predicted molar refractivity (Wildman–Crippen MR) is 160 cm³/mol. The Morgan fingerprint density at radius 1 is 1.07 bits per heavy atom. The van der Waals surface area contributed by atoms with Crippen molar-refractivity contribution in [1.82, 2.24) is 20.2 Å². The molecule has 2 aromatic heterocycles. The zero-order chi connectivity index (χ0) is 29.4. The third-order valence-corrected chi connectivity index (χ3v) is 7.77. The van der Waals surface area contributed by atoms with Gasteiger partial charge in [-0.05, 0) is 63.4 Å². The number of nitrogens with zero attached hydrogens (tertiary/aromatic N) is 5. The first-order valence-corrected chi connectivity index (χ1v) is 14.8. The van der Waals surface area contributed by atoms with Gasteiger partial charge in [-0.25, -0.2) is 4.98 Å². The van der Waals surface area contributed by atoms with Crippen molar-refractivity contribution in [3.63, 3.8) is 0 Å². The molecular formula is C30H38N6O4S. The molecule has 0 aliphatic carbocycles. The lowest BCUT2D eigenvalue weighted by Gasteiger charge is -2.27. The Balaban J connectivity index is 1.34. The topological polar surface area (TPSA) is 108 Å². The molecule has 10 nitrogen and oxygen atoms in total. The van der Waals surface area contributed by atoms with E-state index in [9.17, 15) is 14.4 Å². The molecule has 0 atom stereocenters. The minimum Gasteiger partial charge on any atom is -0.493 e. The van der Waals surface area contributed by atoms with Crippen LogP contribution in [-0.2, 0) is 16.1 Å². The van der Waals surface area contributed by atoms with Crippen molar-refractivity contribution in [3.8, 4) is 5.75 Å². The highest BCUT2D eigenvalue weighted by atomic mass is 32.1. The first-order valence-electron chi connectivity index (χ1n) is 13.9. The Morgan fingerprint density at radius 3 is 2.54 bits per heavy atom. The maximum atomic E-state index is 13.1. The van der Waals surface area contributed by atoms with Crippen LogP contribution in [-0.4, -0.2) is 72.4 Å². The van der Waals surface area contributed by atoms with E-state index in [-0.39, 0.29) is 17.7 Å². The van der Waals surface area contributed by atoms with Gasteiger partial charge in [0.25, 0.3) is 5.91 Å². The number of amides is 3.